The lowest BCUT2D eigenvalue weighted by Gasteiger charge is -2.52. The molecule has 2 saturated carbocycles. The minimum absolute atomic E-state index is 0.0315. The second-order valence-electron chi connectivity index (χ2n) is 13.4. The second kappa shape index (κ2) is 11.6. The fourth-order valence-electron chi connectivity index (χ4n) is 8.03. The summed E-state index contributed by atoms with van der Waals surface area (Å²) in [5, 5.41) is 23.0. The van der Waals surface area contributed by atoms with Gasteiger partial charge in [0.1, 0.15) is 6.10 Å². The van der Waals surface area contributed by atoms with Crippen LogP contribution < -0.4 is 0 Å². The molecule has 0 radical (unpaired) electrons. The molecule has 2 N–H and O–H groups in total. The van der Waals surface area contributed by atoms with E-state index in [4.69, 9.17) is 9.47 Å². The van der Waals surface area contributed by atoms with E-state index in [-0.39, 0.29) is 18.3 Å². The summed E-state index contributed by atoms with van der Waals surface area (Å²) in [6.07, 6.45) is 14.4. The van der Waals surface area contributed by atoms with Crippen molar-refractivity contribution in [3.05, 3.63) is 47.6 Å². The number of aliphatic hydroxyl groups is 2. The molecule has 0 unspecified atom stereocenters. The van der Waals surface area contributed by atoms with Crippen molar-refractivity contribution in [2.24, 2.45) is 40.9 Å². The van der Waals surface area contributed by atoms with Gasteiger partial charge in [-0.3, -0.25) is 9.59 Å². The van der Waals surface area contributed by atoms with Gasteiger partial charge in [0.05, 0.1) is 18.1 Å². The van der Waals surface area contributed by atoms with Crippen LogP contribution in [0, 0.1) is 40.9 Å². The summed E-state index contributed by atoms with van der Waals surface area (Å²) in [6.45, 7) is 13.0. The molecule has 0 aromatic rings. The average molecular weight is 569 g/mol. The van der Waals surface area contributed by atoms with Crippen LogP contribution in [0.4, 0.5) is 0 Å². The zero-order valence-electron chi connectivity index (χ0n) is 25.7. The molecule has 4 aliphatic rings. The molecular formula is C34H48O7. The van der Waals surface area contributed by atoms with Crippen molar-refractivity contribution in [3.8, 4) is 0 Å². The SMILES string of the molecule is CCCCC/C=C/C=C\C(=O)O[C@@H]1[C@@H](C)[C@]2(O)[C@@H]3C=C(C)C(=O)[C@H]3CC(CO)=C[C@H]2[C@@H]2C(C)(C)[C@]12OC(=O)C(C)C. The van der Waals surface area contributed by atoms with Gasteiger partial charge in [-0.15, -0.1) is 0 Å². The average Bonchev–Trinajstić information content (AvgIpc) is 3.32. The number of hydrogen-bond donors (Lipinski definition) is 2. The Labute approximate surface area is 244 Å². The standard InChI is InChI=1S/C34H48O7/c1-8-9-10-11-12-13-14-15-27(36)40-30-22(5)33(39)25-16-21(4)28(37)24(25)17-23(19-35)18-26(33)29-32(6,7)34(29,30)41-31(38)20(2)3/h12-16,18,20,22,24-26,29-30,35,39H,8-11,17,19H2,1-7H3/b13-12+,15-14-/t22-,24+,25-,26+,29-,30-,33+,34-/m1/s1. The number of Topliss-reactive ketones (excluding diaryl/α,β-unsaturated/α-hetero) is 1. The highest BCUT2D eigenvalue weighted by Gasteiger charge is 2.87. The maximum Gasteiger partial charge on any atom is 0.331 e. The Balaban J connectivity index is 1.75. The molecule has 0 aromatic heterocycles. The number of rotatable bonds is 10. The molecule has 0 bridgehead atoms. The predicted molar refractivity (Wildman–Crippen MR) is 156 cm³/mol. The van der Waals surface area contributed by atoms with Crippen molar-refractivity contribution in [1.82, 2.24) is 0 Å². The van der Waals surface area contributed by atoms with E-state index in [1.807, 2.05) is 45.1 Å². The number of unbranched alkanes of at least 4 members (excludes halogenated alkanes) is 3. The number of carbonyl (C=O) groups is 3. The Morgan fingerprint density at radius 1 is 1.15 bits per heavy atom. The monoisotopic (exact) mass is 568 g/mol. The molecular weight excluding hydrogens is 520 g/mol. The van der Waals surface area contributed by atoms with Crippen molar-refractivity contribution in [1.29, 1.82) is 0 Å². The number of allylic oxidation sites excluding steroid dienone is 4. The van der Waals surface area contributed by atoms with Crippen LogP contribution in [0.25, 0.3) is 0 Å². The molecule has 8 atom stereocenters. The van der Waals surface area contributed by atoms with Crippen LogP contribution in [0.3, 0.4) is 0 Å². The van der Waals surface area contributed by atoms with Crippen molar-refractivity contribution < 1.29 is 34.1 Å². The molecule has 41 heavy (non-hydrogen) atoms. The summed E-state index contributed by atoms with van der Waals surface area (Å²) in [4.78, 5) is 39.6. The summed E-state index contributed by atoms with van der Waals surface area (Å²) < 4.78 is 12.5. The lowest BCUT2D eigenvalue weighted by molar-refractivity contribution is -0.219. The zero-order valence-corrected chi connectivity index (χ0v) is 25.7. The third-order valence-electron chi connectivity index (χ3n) is 10.3. The van der Waals surface area contributed by atoms with E-state index in [1.165, 1.54) is 6.08 Å². The van der Waals surface area contributed by atoms with Crippen molar-refractivity contribution in [2.45, 2.75) is 97.9 Å². The van der Waals surface area contributed by atoms with Crippen LogP contribution in [0.1, 0.15) is 80.6 Å². The molecule has 226 valence electrons. The van der Waals surface area contributed by atoms with E-state index < -0.39 is 64.2 Å². The van der Waals surface area contributed by atoms with Gasteiger partial charge in [0.25, 0.3) is 0 Å². The number of esters is 2. The number of aliphatic hydroxyl groups excluding tert-OH is 1. The van der Waals surface area contributed by atoms with E-state index in [9.17, 15) is 24.6 Å². The summed E-state index contributed by atoms with van der Waals surface area (Å²) in [7, 11) is 0. The zero-order chi connectivity index (χ0) is 30.3. The lowest BCUT2D eigenvalue weighted by atomic mass is 9.60. The third kappa shape index (κ3) is 5.07. The number of ether oxygens (including phenoxy) is 2. The normalized spacial score (nSPS) is 37.3. The van der Waals surface area contributed by atoms with Gasteiger partial charge in [-0.2, -0.15) is 0 Å². The molecule has 7 heteroatoms. The Morgan fingerprint density at radius 2 is 1.85 bits per heavy atom. The Hall–Kier alpha value is -2.51. The van der Waals surface area contributed by atoms with Crippen molar-refractivity contribution in [3.63, 3.8) is 0 Å². The maximum absolute atomic E-state index is 13.2. The van der Waals surface area contributed by atoms with Gasteiger partial charge in [0.2, 0.25) is 0 Å². The molecule has 0 aromatic carbocycles. The highest BCUT2D eigenvalue weighted by Crippen LogP contribution is 2.77. The van der Waals surface area contributed by atoms with E-state index in [0.717, 1.165) is 25.7 Å². The summed E-state index contributed by atoms with van der Waals surface area (Å²) >= 11 is 0. The topological polar surface area (TPSA) is 110 Å². The fraction of sp³-hybridized carbons (Fsp3) is 0.676. The smallest absolute Gasteiger partial charge is 0.331 e. The van der Waals surface area contributed by atoms with Gasteiger partial charge in [-0.05, 0) is 37.3 Å². The molecule has 4 rings (SSSR count). The molecule has 0 amide bonds. The first-order valence-electron chi connectivity index (χ1n) is 15.3. The quantitative estimate of drug-likeness (QED) is 0.122. The van der Waals surface area contributed by atoms with Crippen LogP contribution in [0.15, 0.2) is 47.6 Å². The number of fused-ring (bicyclic) bond motifs is 5. The Bertz CT molecular complexity index is 1170. The molecule has 0 spiro atoms. The summed E-state index contributed by atoms with van der Waals surface area (Å²) in [6, 6.07) is 0. The summed E-state index contributed by atoms with van der Waals surface area (Å²) in [5.41, 5.74) is -1.98. The first-order valence-corrected chi connectivity index (χ1v) is 15.3. The van der Waals surface area contributed by atoms with Crippen LogP contribution in [0.5, 0.6) is 0 Å². The highest BCUT2D eigenvalue weighted by molar-refractivity contribution is 6.00. The second-order valence-corrected chi connectivity index (χ2v) is 13.4. The Morgan fingerprint density at radius 3 is 2.49 bits per heavy atom. The highest BCUT2D eigenvalue weighted by atomic mass is 16.6. The Kier molecular flexibility index (Phi) is 8.92. The number of hydrogen-bond acceptors (Lipinski definition) is 7. The van der Waals surface area contributed by atoms with Gasteiger partial charge in [0.15, 0.2) is 11.4 Å². The lowest BCUT2D eigenvalue weighted by Crippen LogP contribution is -2.63. The molecule has 0 heterocycles. The molecule has 0 saturated heterocycles. The minimum Gasteiger partial charge on any atom is -0.455 e. The van der Waals surface area contributed by atoms with Crippen LogP contribution in [-0.2, 0) is 23.9 Å². The number of ketones is 1. The van der Waals surface area contributed by atoms with E-state index >= 15 is 0 Å². The fourth-order valence-corrected chi connectivity index (χ4v) is 8.03. The molecule has 2 fully saturated rings. The van der Waals surface area contributed by atoms with Gasteiger partial charge in [-0.25, -0.2) is 4.79 Å². The molecule has 0 aliphatic heterocycles. The van der Waals surface area contributed by atoms with Crippen molar-refractivity contribution in [2.75, 3.05) is 6.61 Å². The van der Waals surface area contributed by atoms with Gasteiger partial charge < -0.3 is 19.7 Å². The largest absolute Gasteiger partial charge is 0.455 e. The van der Waals surface area contributed by atoms with E-state index in [2.05, 4.69) is 6.92 Å². The maximum atomic E-state index is 13.2. The molecule has 4 aliphatic carbocycles. The van der Waals surface area contributed by atoms with Crippen LogP contribution in [-0.4, -0.2) is 51.8 Å². The minimum atomic E-state index is -1.46. The number of carbonyl (C=O) groups excluding carboxylic acids is 3. The summed E-state index contributed by atoms with van der Waals surface area (Å²) in [5.74, 6) is -4.00. The van der Waals surface area contributed by atoms with Gasteiger partial charge in [0, 0.05) is 41.1 Å². The van der Waals surface area contributed by atoms with Gasteiger partial charge in [-0.1, -0.05) is 84.8 Å². The van der Waals surface area contributed by atoms with Crippen LogP contribution in [0.2, 0.25) is 0 Å². The van der Waals surface area contributed by atoms with E-state index in [0.29, 0.717) is 17.6 Å². The van der Waals surface area contributed by atoms with Crippen LogP contribution >= 0.6 is 0 Å². The molecule has 7 nitrogen and oxygen atoms in total. The van der Waals surface area contributed by atoms with E-state index in [1.54, 1.807) is 26.8 Å². The predicted octanol–water partition coefficient (Wildman–Crippen LogP) is 5.27. The third-order valence-corrected chi connectivity index (χ3v) is 10.3. The first kappa shape index (κ1) is 31.4. The van der Waals surface area contributed by atoms with Crippen molar-refractivity contribution >= 4 is 17.7 Å². The first-order chi connectivity index (χ1) is 19.3. The van der Waals surface area contributed by atoms with Gasteiger partial charge >= 0.3 is 11.9 Å².